The van der Waals surface area contributed by atoms with Crippen LogP contribution >= 0.6 is 24.0 Å². The highest BCUT2D eigenvalue weighted by atomic mass is 32.2. The molecule has 1 amide bonds. The van der Waals surface area contributed by atoms with E-state index in [0.29, 0.717) is 23.8 Å². The van der Waals surface area contributed by atoms with Gasteiger partial charge in [-0.15, -0.1) is 0 Å². The number of para-hydroxylation sites is 2. The van der Waals surface area contributed by atoms with E-state index in [1.165, 1.54) is 11.8 Å². The average molecular weight is 625 g/mol. The number of hydrogen-bond donors (Lipinski definition) is 1. The second kappa shape index (κ2) is 14.8. The van der Waals surface area contributed by atoms with Gasteiger partial charge in [0.2, 0.25) is 0 Å². The minimum Gasteiger partial charge on any atom is -0.496 e. The number of ether oxygens (including phenoxy) is 2. The highest BCUT2D eigenvalue weighted by Gasteiger charge is 2.31. The summed E-state index contributed by atoms with van der Waals surface area (Å²) < 4.78 is 11.8. The fourth-order valence-electron chi connectivity index (χ4n) is 5.06. The smallest absolute Gasteiger partial charge is 0.277 e. The van der Waals surface area contributed by atoms with E-state index >= 15 is 0 Å². The number of nitrogens with one attached hydrogen (secondary N) is 1. The van der Waals surface area contributed by atoms with Crippen molar-refractivity contribution >= 4 is 45.6 Å². The van der Waals surface area contributed by atoms with Crippen LogP contribution < -0.4 is 14.8 Å². The summed E-state index contributed by atoms with van der Waals surface area (Å²) in [6.45, 7) is 0.962. The molecule has 1 fully saturated rings. The monoisotopic (exact) mass is 624 g/mol. The number of nitro groups is 2. The Morgan fingerprint density at radius 2 is 1.42 bits per heavy atom. The summed E-state index contributed by atoms with van der Waals surface area (Å²) in [5.74, 6) is 0.887. The number of methoxy groups -OCH3 is 2. The number of thiocarbonyl (C=S) groups is 1. The quantitative estimate of drug-likeness (QED) is 0.147. The van der Waals surface area contributed by atoms with Gasteiger partial charge in [-0.2, -0.15) is 0 Å². The van der Waals surface area contributed by atoms with Crippen molar-refractivity contribution in [2.45, 2.75) is 50.1 Å². The van der Waals surface area contributed by atoms with E-state index in [4.69, 9.17) is 21.7 Å². The molecule has 1 aliphatic carbocycles. The average Bonchev–Trinajstić information content (AvgIpc) is 3.01. The summed E-state index contributed by atoms with van der Waals surface area (Å²) in [6, 6.07) is 18.1. The van der Waals surface area contributed by atoms with Crippen LogP contribution in [0, 0.1) is 20.2 Å². The Hall–Kier alpha value is -4.23. The van der Waals surface area contributed by atoms with Gasteiger partial charge in [-0.3, -0.25) is 25.0 Å². The fraction of sp³-hybridized carbons (Fsp3) is 0.333. The Balaban J connectivity index is 1.56. The molecule has 3 aromatic carbocycles. The zero-order chi connectivity index (χ0) is 30.9. The van der Waals surface area contributed by atoms with Gasteiger partial charge in [0.15, 0.2) is 0 Å². The van der Waals surface area contributed by atoms with Crippen molar-refractivity contribution in [3.63, 3.8) is 0 Å². The van der Waals surface area contributed by atoms with E-state index in [0.717, 1.165) is 60.1 Å². The van der Waals surface area contributed by atoms with E-state index in [2.05, 4.69) is 10.2 Å². The molecule has 0 bridgehead atoms. The molecule has 0 aliphatic heterocycles. The molecule has 43 heavy (non-hydrogen) atoms. The number of thioether (sulfide) groups is 1. The van der Waals surface area contributed by atoms with Crippen LogP contribution in [0.3, 0.4) is 0 Å². The highest BCUT2D eigenvalue weighted by Crippen LogP contribution is 2.34. The highest BCUT2D eigenvalue weighted by molar-refractivity contribution is 8.23. The van der Waals surface area contributed by atoms with E-state index in [9.17, 15) is 25.0 Å². The van der Waals surface area contributed by atoms with E-state index in [-0.39, 0.29) is 16.9 Å². The first-order valence-corrected chi connectivity index (χ1v) is 14.9. The fourth-order valence-corrected chi connectivity index (χ4v) is 6.75. The van der Waals surface area contributed by atoms with Crippen molar-refractivity contribution in [2.75, 3.05) is 14.2 Å². The van der Waals surface area contributed by atoms with Gasteiger partial charge in [0.1, 0.15) is 15.8 Å². The van der Waals surface area contributed by atoms with Crippen LogP contribution in [0.4, 0.5) is 11.4 Å². The number of amides is 1. The molecule has 3 aromatic rings. The molecule has 2 atom stereocenters. The number of non-ortho nitro benzene ring substituents is 2. The van der Waals surface area contributed by atoms with Gasteiger partial charge < -0.3 is 19.7 Å². The lowest BCUT2D eigenvalue weighted by Crippen LogP contribution is -2.45. The van der Waals surface area contributed by atoms with Crippen LogP contribution in [0.15, 0.2) is 66.7 Å². The predicted octanol–water partition coefficient (Wildman–Crippen LogP) is 6.28. The number of benzene rings is 3. The molecule has 0 spiro atoms. The maximum absolute atomic E-state index is 13.2. The SMILES string of the molecule is COc1ccccc1CN(Cc1ccccc1OC)C(=S)S[C@@H]1CCCC[C@H]1NC(=O)c1cc([N+](=O)[O-])cc([N+](=O)[O-])c1. The van der Waals surface area contributed by atoms with E-state index in [1.54, 1.807) is 14.2 Å². The van der Waals surface area contributed by atoms with Gasteiger partial charge in [-0.1, -0.05) is 73.2 Å². The van der Waals surface area contributed by atoms with Crippen molar-refractivity contribution < 1.29 is 24.1 Å². The van der Waals surface area contributed by atoms with Crippen LogP contribution in [0.1, 0.15) is 47.2 Å². The van der Waals surface area contributed by atoms with Gasteiger partial charge in [0, 0.05) is 47.6 Å². The van der Waals surface area contributed by atoms with Crippen molar-refractivity contribution in [1.82, 2.24) is 10.2 Å². The maximum Gasteiger partial charge on any atom is 0.277 e. The Bertz CT molecular complexity index is 1420. The molecule has 0 heterocycles. The van der Waals surface area contributed by atoms with Crippen molar-refractivity contribution in [3.05, 3.63) is 104 Å². The molecule has 1 aliphatic rings. The second-order valence-electron chi connectivity index (χ2n) is 10.0. The molecule has 4 rings (SSSR count). The normalized spacial score (nSPS) is 16.1. The Morgan fingerprint density at radius 1 is 0.907 bits per heavy atom. The number of nitrogens with zero attached hydrogens (tertiary/aromatic N) is 3. The van der Waals surface area contributed by atoms with Crippen molar-refractivity contribution in [1.29, 1.82) is 0 Å². The van der Waals surface area contributed by atoms with Crippen LogP contribution in [0.5, 0.6) is 11.5 Å². The zero-order valence-corrected chi connectivity index (χ0v) is 25.4. The first-order chi connectivity index (χ1) is 20.7. The molecule has 11 nitrogen and oxygen atoms in total. The largest absolute Gasteiger partial charge is 0.496 e. The summed E-state index contributed by atoms with van der Waals surface area (Å²) in [6.07, 6.45) is 3.31. The third-order valence-corrected chi connectivity index (χ3v) is 9.10. The maximum atomic E-state index is 13.2. The number of carbonyl (C=O) groups excluding carboxylic acids is 1. The molecule has 0 saturated heterocycles. The Labute approximate surface area is 258 Å². The Morgan fingerprint density at radius 3 is 1.93 bits per heavy atom. The van der Waals surface area contributed by atoms with Crippen LogP contribution in [-0.2, 0) is 13.1 Å². The van der Waals surface area contributed by atoms with Gasteiger partial charge in [-0.05, 0) is 25.0 Å². The second-order valence-corrected chi connectivity index (χ2v) is 11.9. The molecule has 0 aromatic heterocycles. The van der Waals surface area contributed by atoms with Gasteiger partial charge in [-0.25, -0.2) is 0 Å². The number of carbonyl (C=O) groups is 1. The molecular formula is C30H32N4O7S2. The minimum absolute atomic E-state index is 0.0725. The molecule has 1 saturated carbocycles. The summed E-state index contributed by atoms with van der Waals surface area (Å²) in [5.41, 5.74) is 0.760. The standard InChI is InChI=1S/C30H32N4O7S2/c1-40-26-12-6-3-9-20(26)18-32(19-21-10-4-7-13-27(21)41-2)30(42)43-28-14-8-5-11-25(28)31-29(35)22-15-23(33(36)37)17-24(16-22)34(38)39/h3-4,6-7,9-10,12-13,15-17,25,28H,5,8,11,14,18-19H2,1-2H3,(H,31,35)/t25-,28-/m1/s1. The van der Waals surface area contributed by atoms with Gasteiger partial charge in [0.25, 0.3) is 17.3 Å². The number of hydrogen-bond acceptors (Lipinski definition) is 9. The molecule has 13 heteroatoms. The van der Waals surface area contributed by atoms with Crippen LogP contribution in [-0.4, -0.2) is 50.5 Å². The molecule has 0 unspecified atom stereocenters. The summed E-state index contributed by atoms with van der Waals surface area (Å²) in [5, 5.41) is 25.6. The molecule has 0 radical (unpaired) electrons. The lowest BCUT2D eigenvalue weighted by Gasteiger charge is -2.34. The van der Waals surface area contributed by atoms with Crippen molar-refractivity contribution in [3.8, 4) is 11.5 Å². The zero-order valence-electron chi connectivity index (χ0n) is 23.8. The third-order valence-electron chi connectivity index (χ3n) is 7.22. The van der Waals surface area contributed by atoms with E-state index in [1.807, 2.05) is 48.5 Å². The topological polar surface area (TPSA) is 137 Å². The third kappa shape index (κ3) is 8.20. The summed E-state index contributed by atoms with van der Waals surface area (Å²) in [7, 11) is 3.25. The molecule has 1 N–H and O–H groups in total. The summed E-state index contributed by atoms with van der Waals surface area (Å²) >= 11 is 7.51. The lowest BCUT2D eigenvalue weighted by atomic mass is 9.94. The van der Waals surface area contributed by atoms with Gasteiger partial charge >= 0.3 is 0 Å². The lowest BCUT2D eigenvalue weighted by molar-refractivity contribution is -0.394. The van der Waals surface area contributed by atoms with Crippen molar-refractivity contribution in [2.24, 2.45) is 0 Å². The van der Waals surface area contributed by atoms with E-state index < -0.39 is 27.1 Å². The molecular weight excluding hydrogens is 592 g/mol. The predicted molar refractivity (Wildman–Crippen MR) is 169 cm³/mol. The first kappa shape index (κ1) is 31.7. The summed E-state index contributed by atoms with van der Waals surface area (Å²) in [4.78, 5) is 36.5. The molecule has 226 valence electrons. The first-order valence-electron chi connectivity index (χ1n) is 13.6. The Kier molecular flexibility index (Phi) is 10.9. The van der Waals surface area contributed by atoms with Crippen LogP contribution in [0.2, 0.25) is 0 Å². The van der Waals surface area contributed by atoms with Gasteiger partial charge in [0.05, 0.1) is 35.7 Å². The number of nitro benzene ring substituents is 2. The number of rotatable bonds is 11. The minimum atomic E-state index is -0.750. The van der Waals surface area contributed by atoms with Crippen LogP contribution in [0.25, 0.3) is 0 Å².